The van der Waals surface area contributed by atoms with Crippen LogP contribution in [0, 0.1) is 12.3 Å². The third-order valence-corrected chi connectivity index (χ3v) is 11.2. The number of benzene rings is 1. The molecule has 4 N–H and O–H groups in total. The van der Waals surface area contributed by atoms with Crippen LogP contribution in [-0.2, 0) is 17.8 Å². The average molecular weight is 667 g/mol. The lowest BCUT2D eigenvalue weighted by Crippen LogP contribution is -2.59. The Hall–Kier alpha value is -3.50. The molecular weight excluding hydrogens is 624 g/mol. The number of likely N-dealkylation sites (tertiary alicyclic amines) is 2. The van der Waals surface area contributed by atoms with Gasteiger partial charge in [-0.1, -0.05) is 17.5 Å². The lowest BCUT2D eigenvalue weighted by Gasteiger charge is -2.43. The van der Waals surface area contributed by atoms with Crippen LogP contribution >= 0.6 is 22.9 Å². The number of terminal acetylenes is 1. The number of nitrogen functional groups attached to an aromatic ring is 1. The minimum Gasteiger partial charge on any atom is -0.397 e. The maximum Gasteiger partial charge on any atom is 0.322 e. The number of fused-ring (bicyclic) bond motifs is 1. The Bertz CT molecular complexity index is 1490. The number of anilines is 2. The number of nitrogens with zero attached hydrogens (tertiary/aromatic N) is 5. The highest BCUT2D eigenvalue weighted by atomic mass is 35.5. The Balaban J connectivity index is 1.10. The van der Waals surface area contributed by atoms with E-state index in [9.17, 15) is 14.4 Å². The van der Waals surface area contributed by atoms with Gasteiger partial charge in [0.05, 0.1) is 22.9 Å². The van der Waals surface area contributed by atoms with Gasteiger partial charge in [-0.2, -0.15) is 0 Å². The van der Waals surface area contributed by atoms with Crippen molar-refractivity contribution in [2.75, 3.05) is 70.5 Å². The number of piperazine rings is 1. The minimum absolute atomic E-state index is 0.0386. The Labute approximate surface area is 280 Å². The first-order valence-electron chi connectivity index (χ1n) is 16.2. The molecule has 0 radical (unpaired) electrons. The van der Waals surface area contributed by atoms with E-state index < -0.39 is 6.04 Å². The number of hydrogen-bond donors (Lipinski definition) is 3. The van der Waals surface area contributed by atoms with Crippen LogP contribution in [-0.4, -0.2) is 120 Å². The van der Waals surface area contributed by atoms with E-state index in [1.807, 2.05) is 21.2 Å². The summed E-state index contributed by atoms with van der Waals surface area (Å²) in [6.07, 6.45) is 9.53. The molecule has 13 heteroatoms. The van der Waals surface area contributed by atoms with Crippen LogP contribution in [0.3, 0.4) is 0 Å². The monoisotopic (exact) mass is 666 g/mol. The molecular formula is C33H43ClN8O3S. The van der Waals surface area contributed by atoms with Gasteiger partial charge in [0.25, 0.3) is 0 Å². The number of nitrogens with one attached hydrogen (secondary N) is 2. The van der Waals surface area contributed by atoms with E-state index in [2.05, 4.69) is 33.4 Å². The van der Waals surface area contributed by atoms with Crippen LogP contribution in [0.25, 0.3) is 0 Å². The zero-order valence-corrected chi connectivity index (χ0v) is 27.9. The summed E-state index contributed by atoms with van der Waals surface area (Å²) in [5.74, 6) is 2.46. The Kier molecular flexibility index (Phi) is 9.94. The number of hydrogen-bond acceptors (Lipinski definition) is 7. The van der Waals surface area contributed by atoms with Crippen molar-refractivity contribution in [1.82, 2.24) is 29.8 Å². The first-order valence-corrected chi connectivity index (χ1v) is 17.4. The van der Waals surface area contributed by atoms with Crippen LogP contribution < -0.4 is 16.4 Å². The topological polar surface area (TPSA) is 117 Å². The zero-order valence-electron chi connectivity index (χ0n) is 26.3. The standard InChI is InChI=1S/C33H43ClN8O3S/c1-3-23-18-22(19-26(34)30(23)35)20-28(31(43)40-15-13-39(14-16-40)24-4-9-38(2)10-5-24)37-32(44)41-11-6-25(7-12-41)42-21-29-27(8-17-46-29)36-33(42)45/h1,8,17-19,24-25,28H,4-7,9-16,20-21,35H2,2H3,(H,36,45)(H,37,44)/t28-/m1/s1. The summed E-state index contributed by atoms with van der Waals surface area (Å²) in [4.78, 5) is 52.0. The highest BCUT2D eigenvalue weighted by molar-refractivity contribution is 7.10. The molecule has 4 aliphatic heterocycles. The molecule has 0 bridgehead atoms. The molecule has 5 amide bonds. The molecule has 1 aromatic heterocycles. The van der Waals surface area contributed by atoms with Gasteiger partial charge < -0.3 is 36.0 Å². The molecule has 5 heterocycles. The fraction of sp³-hybridized carbons (Fsp3) is 0.545. The Morgan fingerprint density at radius 3 is 2.46 bits per heavy atom. The normalized spacial score (nSPS) is 21.0. The Morgan fingerprint density at radius 1 is 1.07 bits per heavy atom. The summed E-state index contributed by atoms with van der Waals surface area (Å²) in [6, 6.07) is 4.83. The summed E-state index contributed by atoms with van der Waals surface area (Å²) < 4.78 is 0. The van der Waals surface area contributed by atoms with Gasteiger partial charge in [0.15, 0.2) is 0 Å². The molecule has 246 valence electrons. The molecule has 2 aromatic rings. The lowest BCUT2D eigenvalue weighted by atomic mass is 10.00. The summed E-state index contributed by atoms with van der Waals surface area (Å²) in [6.45, 7) is 6.63. The molecule has 1 aromatic carbocycles. The number of carbonyl (C=O) groups is 3. The number of amides is 5. The summed E-state index contributed by atoms with van der Waals surface area (Å²) in [5.41, 5.74) is 8.47. The number of carbonyl (C=O) groups excluding carboxylic acids is 3. The van der Waals surface area contributed by atoms with E-state index in [0.717, 1.165) is 55.1 Å². The molecule has 0 aliphatic carbocycles. The fourth-order valence-corrected chi connectivity index (χ4v) is 8.21. The molecule has 0 spiro atoms. The van der Waals surface area contributed by atoms with Crippen LogP contribution in [0.4, 0.5) is 21.0 Å². The number of nitrogens with two attached hydrogens (primary N) is 1. The van der Waals surface area contributed by atoms with Crippen molar-refractivity contribution < 1.29 is 14.4 Å². The number of urea groups is 2. The smallest absolute Gasteiger partial charge is 0.322 e. The maximum absolute atomic E-state index is 14.0. The van der Waals surface area contributed by atoms with E-state index in [0.29, 0.717) is 67.9 Å². The van der Waals surface area contributed by atoms with Crippen LogP contribution in [0.15, 0.2) is 23.6 Å². The maximum atomic E-state index is 14.0. The van der Waals surface area contributed by atoms with E-state index in [4.69, 9.17) is 23.8 Å². The van der Waals surface area contributed by atoms with Crippen molar-refractivity contribution in [3.8, 4) is 12.3 Å². The van der Waals surface area contributed by atoms with Gasteiger partial charge in [0, 0.05) is 68.2 Å². The number of halogens is 1. The van der Waals surface area contributed by atoms with Crippen LogP contribution in [0.5, 0.6) is 0 Å². The van der Waals surface area contributed by atoms with Crippen molar-refractivity contribution in [3.63, 3.8) is 0 Å². The van der Waals surface area contributed by atoms with Crippen molar-refractivity contribution in [1.29, 1.82) is 0 Å². The first kappa shape index (κ1) is 32.4. The first-order chi connectivity index (χ1) is 22.2. The van der Waals surface area contributed by atoms with Crippen molar-refractivity contribution >= 4 is 52.3 Å². The second kappa shape index (κ2) is 14.1. The van der Waals surface area contributed by atoms with Gasteiger partial charge in [-0.15, -0.1) is 17.8 Å². The van der Waals surface area contributed by atoms with Gasteiger partial charge in [-0.05, 0) is 75.0 Å². The molecule has 0 saturated carbocycles. The van der Waals surface area contributed by atoms with Crippen molar-refractivity contribution in [2.45, 2.75) is 56.8 Å². The molecule has 0 unspecified atom stereocenters. The molecule has 46 heavy (non-hydrogen) atoms. The van der Waals surface area contributed by atoms with Crippen molar-refractivity contribution in [2.24, 2.45) is 0 Å². The predicted molar refractivity (Wildman–Crippen MR) is 182 cm³/mol. The molecule has 3 fully saturated rings. The quantitative estimate of drug-likeness (QED) is 0.322. The second-order valence-electron chi connectivity index (χ2n) is 12.8. The third-order valence-electron chi connectivity index (χ3n) is 9.97. The molecule has 3 saturated heterocycles. The summed E-state index contributed by atoms with van der Waals surface area (Å²) >= 11 is 8.03. The van der Waals surface area contributed by atoms with Crippen LogP contribution in [0.1, 0.15) is 41.7 Å². The summed E-state index contributed by atoms with van der Waals surface area (Å²) in [7, 11) is 2.16. The van der Waals surface area contributed by atoms with Crippen LogP contribution in [0.2, 0.25) is 5.02 Å². The average Bonchev–Trinajstić information content (AvgIpc) is 3.53. The predicted octanol–water partition coefficient (Wildman–Crippen LogP) is 3.34. The lowest BCUT2D eigenvalue weighted by molar-refractivity contribution is -0.135. The fourth-order valence-electron chi connectivity index (χ4n) is 7.14. The SMILES string of the molecule is C#Cc1cc(C[C@@H](NC(=O)N2CCC(N3Cc4sccc4NC3=O)CC2)C(=O)N2CCN(C3CCN(C)CC3)CC2)cc(Cl)c1N. The molecule has 1 atom stereocenters. The van der Waals surface area contributed by atoms with Gasteiger partial charge in [-0.25, -0.2) is 9.59 Å². The van der Waals surface area contributed by atoms with Gasteiger partial charge >= 0.3 is 12.1 Å². The highest BCUT2D eigenvalue weighted by Crippen LogP contribution is 2.31. The highest BCUT2D eigenvalue weighted by Gasteiger charge is 2.36. The summed E-state index contributed by atoms with van der Waals surface area (Å²) in [5, 5.41) is 8.35. The van der Waals surface area contributed by atoms with E-state index in [1.165, 1.54) is 0 Å². The van der Waals surface area contributed by atoms with E-state index in [-0.39, 0.29) is 30.4 Å². The molecule has 11 nitrogen and oxygen atoms in total. The van der Waals surface area contributed by atoms with Crippen molar-refractivity contribution in [3.05, 3.63) is 44.6 Å². The number of rotatable bonds is 6. The third kappa shape index (κ3) is 7.08. The minimum atomic E-state index is -0.796. The largest absolute Gasteiger partial charge is 0.397 e. The van der Waals surface area contributed by atoms with Gasteiger partial charge in [0.2, 0.25) is 5.91 Å². The molecule has 4 aliphatic rings. The van der Waals surface area contributed by atoms with E-state index >= 15 is 0 Å². The van der Waals surface area contributed by atoms with Gasteiger partial charge in [-0.3, -0.25) is 9.69 Å². The number of piperidine rings is 2. The second-order valence-corrected chi connectivity index (χ2v) is 14.2. The number of thiophene rings is 1. The molecule has 6 rings (SSSR count). The zero-order chi connectivity index (χ0) is 32.4. The van der Waals surface area contributed by atoms with Gasteiger partial charge in [0.1, 0.15) is 6.04 Å². The Morgan fingerprint density at radius 2 is 1.76 bits per heavy atom. The van der Waals surface area contributed by atoms with E-state index in [1.54, 1.807) is 28.4 Å².